The Morgan fingerprint density at radius 2 is 2.10 bits per heavy atom. The van der Waals surface area contributed by atoms with Gasteiger partial charge in [-0.05, 0) is 31.4 Å². The Hall–Kier alpha value is -2.01. The largest absolute Gasteiger partial charge is 0.461 e. The Morgan fingerprint density at radius 3 is 2.81 bits per heavy atom. The monoisotopic (exact) mass is 288 g/mol. The van der Waals surface area contributed by atoms with Crippen molar-refractivity contribution in [3.63, 3.8) is 0 Å². The molecule has 5 heteroatoms. The number of nitrogens with one attached hydrogen (secondary N) is 2. The van der Waals surface area contributed by atoms with Crippen LogP contribution in [0.2, 0.25) is 0 Å². The van der Waals surface area contributed by atoms with Gasteiger partial charge in [-0.3, -0.25) is 0 Å². The summed E-state index contributed by atoms with van der Waals surface area (Å²) < 4.78 is 5.68. The standard InChI is InChI=1S/C16H20N2O3/c19-15(18-11-16(20)7-3-8-16)17-9-6-13-10-12-4-1-2-5-14(12)21-13/h1-2,4-5,10,20H,3,6-9,11H2,(H2,17,18,19). The number of furan rings is 1. The lowest BCUT2D eigenvalue weighted by molar-refractivity contribution is -0.0290. The van der Waals surface area contributed by atoms with Gasteiger partial charge in [0.1, 0.15) is 11.3 Å². The highest BCUT2D eigenvalue weighted by Crippen LogP contribution is 2.30. The first kappa shape index (κ1) is 13.9. The Bertz CT molecular complexity index is 598. The van der Waals surface area contributed by atoms with Gasteiger partial charge in [0.25, 0.3) is 0 Å². The molecule has 0 atom stereocenters. The maximum Gasteiger partial charge on any atom is 0.314 e. The van der Waals surface area contributed by atoms with Crippen molar-refractivity contribution in [2.75, 3.05) is 13.1 Å². The van der Waals surface area contributed by atoms with E-state index in [1.807, 2.05) is 30.3 Å². The summed E-state index contributed by atoms with van der Waals surface area (Å²) in [6, 6.07) is 9.59. The predicted molar refractivity (Wildman–Crippen MR) is 80.1 cm³/mol. The van der Waals surface area contributed by atoms with Crippen LogP contribution in [0.15, 0.2) is 34.7 Å². The van der Waals surface area contributed by atoms with Gasteiger partial charge in [0, 0.05) is 24.9 Å². The SMILES string of the molecule is O=C(NCCc1cc2ccccc2o1)NCC1(O)CCC1. The summed E-state index contributed by atoms with van der Waals surface area (Å²) in [6.45, 7) is 0.827. The van der Waals surface area contributed by atoms with E-state index in [1.54, 1.807) is 0 Å². The molecule has 1 aliphatic carbocycles. The van der Waals surface area contributed by atoms with Gasteiger partial charge in [-0.1, -0.05) is 18.2 Å². The normalized spacial score (nSPS) is 16.4. The molecule has 21 heavy (non-hydrogen) atoms. The van der Waals surface area contributed by atoms with Crippen molar-refractivity contribution in [3.05, 3.63) is 36.1 Å². The fourth-order valence-corrected chi connectivity index (χ4v) is 2.53. The van der Waals surface area contributed by atoms with Gasteiger partial charge in [0.05, 0.1) is 5.60 Å². The quantitative estimate of drug-likeness (QED) is 0.789. The number of aliphatic hydroxyl groups is 1. The van der Waals surface area contributed by atoms with Crippen molar-refractivity contribution in [3.8, 4) is 0 Å². The second kappa shape index (κ2) is 5.77. The number of fused-ring (bicyclic) bond motifs is 1. The molecule has 1 aromatic heterocycles. The summed E-state index contributed by atoms with van der Waals surface area (Å²) in [7, 11) is 0. The average molecular weight is 288 g/mol. The van der Waals surface area contributed by atoms with Gasteiger partial charge < -0.3 is 20.2 Å². The highest BCUT2D eigenvalue weighted by atomic mass is 16.3. The van der Waals surface area contributed by atoms with Gasteiger partial charge in [-0.25, -0.2) is 4.79 Å². The van der Waals surface area contributed by atoms with Crippen LogP contribution in [0.5, 0.6) is 0 Å². The van der Waals surface area contributed by atoms with E-state index in [4.69, 9.17) is 4.42 Å². The van der Waals surface area contributed by atoms with Crippen molar-refractivity contribution < 1.29 is 14.3 Å². The molecule has 0 unspecified atom stereocenters. The van der Waals surface area contributed by atoms with Gasteiger partial charge in [-0.2, -0.15) is 0 Å². The first-order valence-electron chi connectivity index (χ1n) is 7.36. The average Bonchev–Trinajstić information content (AvgIpc) is 2.85. The molecule has 2 amide bonds. The van der Waals surface area contributed by atoms with E-state index in [-0.39, 0.29) is 6.03 Å². The third kappa shape index (κ3) is 3.36. The molecular weight excluding hydrogens is 268 g/mol. The third-order valence-corrected chi connectivity index (χ3v) is 4.00. The first-order valence-corrected chi connectivity index (χ1v) is 7.36. The summed E-state index contributed by atoms with van der Waals surface area (Å²) >= 11 is 0. The molecule has 0 spiro atoms. The molecule has 0 saturated heterocycles. The van der Waals surface area contributed by atoms with Crippen LogP contribution in [-0.2, 0) is 6.42 Å². The van der Waals surface area contributed by atoms with Crippen molar-refractivity contribution in [2.45, 2.75) is 31.3 Å². The topological polar surface area (TPSA) is 74.5 Å². The molecule has 0 radical (unpaired) electrons. The molecule has 0 bridgehead atoms. The summed E-state index contributed by atoms with van der Waals surface area (Å²) in [5.74, 6) is 0.856. The van der Waals surface area contributed by atoms with E-state index >= 15 is 0 Å². The lowest BCUT2D eigenvalue weighted by Gasteiger charge is -2.36. The van der Waals surface area contributed by atoms with Crippen LogP contribution in [0.4, 0.5) is 4.79 Å². The van der Waals surface area contributed by atoms with E-state index in [2.05, 4.69) is 10.6 Å². The zero-order valence-corrected chi connectivity index (χ0v) is 11.9. The van der Waals surface area contributed by atoms with E-state index < -0.39 is 5.60 Å². The fourth-order valence-electron chi connectivity index (χ4n) is 2.53. The Morgan fingerprint density at radius 1 is 1.29 bits per heavy atom. The predicted octanol–water partition coefficient (Wildman–Crippen LogP) is 2.19. The highest BCUT2D eigenvalue weighted by molar-refractivity contribution is 5.77. The highest BCUT2D eigenvalue weighted by Gasteiger charge is 2.34. The lowest BCUT2D eigenvalue weighted by atomic mass is 9.80. The number of urea groups is 1. The molecule has 1 fully saturated rings. The zero-order chi connectivity index (χ0) is 14.7. The van der Waals surface area contributed by atoms with Crippen LogP contribution in [0.3, 0.4) is 0 Å². The smallest absolute Gasteiger partial charge is 0.314 e. The number of rotatable bonds is 5. The molecule has 5 nitrogen and oxygen atoms in total. The maximum atomic E-state index is 11.6. The number of hydrogen-bond acceptors (Lipinski definition) is 3. The Labute approximate surface area is 123 Å². The number of benzene rings is 1. The lowest BCUT2D eigenvalue weighted by Crippen LogP contribution is -2.50. The Kier molecular flexibility index (Phi) is 3.84. The minimum atomic E-state index is -0.684. The summed E-state index contributed by atoms with van der Waals surface area (Å²) in [5.41, 5.74) is 0.181. The number of hydrogen-bond donors (Lipinski definition) is 3. The van der Waals surface area contributed by atoms with Crippen molar-refractivity contribution in [1.82, 2.24) is 10.6 Å². The van der Waals surface area contributed by atoms with Crippen molar-refractivity contribution in [1.29, 1.82) is 0 Å². The molecule has 3 rings (SSSR count). The molecular formula is C16H20N2O3. The van der Waals surface area contributed by atoms with E-state index in [0.717, 1.165) is 36.0 Å². The first-order chi connectivity index (χ1) is 10.1. The fraction of sp³-hybridized carbons (Fsp3) is 0.438. The van der Waals surface area contributed by atoms with Gasteiger partial charge in [0.2, 0.25) is 0 Å². The molecule has 0 aliphatic heterocycles. The molecule has 112 valence electrons. The zero-order valence-electron chi connectivity index (χ0n) is 11.9. The molecule has 2 aromatic rings. The maximum absolute atomic E-state index is 11.6. The van der Waals surface area contributed by atoms with E-state index in [0.29, 0.717) is 19.5 Å². The van der Waals surface area contributed by atoms with Gasteiger partial charge >= 0.3 is 6.03 Å². The number of carbonyl (C=O) groups excluding carboxylic acids is 1. The number of carbonyl (C=O) groups is 1. The van der Waals surface area contributed by atoms with Gasteiger partial charge in [-0.15, -0.1) is 0 Å². The van der Waals surface area contributed by atoms with Gasteiger partial charge in [0.15, 0.2) is 0 Å². The van der Waals surface area contributed by atoms with Crippen molar-refractivity contribution >= 4 is 17.0 Å². The second-order valence-electron chi connectivity index (χ2n) is 5.69. The van der Waals surface area contributed by atoms with Crippen LogP contribution in [0.25, 0.3) is 11.0 Å². The number of amides is 2. The minimum Gasteiger partial charge on any atom is -0.461 e. The minimum absolute atomic E-state index is 0.244. The molecule has 1 saturated carbocycles. The second-order valence-corrected chi connectivity index (χ2v) is 5.69. The third-order valence-electron chi connectivity index (χ3n) is 4.00. The van der Waals surface area contributed by atoms with E-state index in [9.17, 15) is 9.90 Å². The molecule has 1 heterocycles. The van der Waals surface area contributed by atoms with Crippen LogP contribution in [-0.4, -0.2) is 29.8 Å². The van der Waals surface area contributed by atoms with Crippen LogP contribution >= 0.6 is 0 Å². The van der Waals surface area contributed by atoms with E-state index in [1.165, 1.54) is 0 Å². The Balaban J connectivity index is 1.41. The molecule has 1 aromatic carbocycles. The summed E-state index contributed by atoms with van der Waals surface area (Å²) in [6.07, 6.45) is 3.22. The summed E-state index contributed by atoms with van der Waals surface area (Å²) in [4.78, 5) is 11.6. The molecule has 3 N–H and O–H groups in total. The van der Waals surface area contributed by atoms with Crippen LogP contribution in [0, 0.1) is 0 Å². The van der Waals surface area contributed by atoms with Crippen LogP contribution in [0.1, 0.15) is 25.0 Å². The van der Waals surface area contributed by atoms with Crippen molar-refractivity contribution in [2.24, 2.45) is 0 Å². The number of para-hydroxylation sites is 1. The molecule has 1 aliphatic rings. The summed E-state index contributed by atoms with van der Waals surface area (Å²) in [5, 5.41) is 16.4. The van der Waals surface area contributed by atoms with Crippen LogP contribution < -0.4 is 10.6 Å².